The van der Waals surface area contributed by atoms with Gasteiger partial charge in [0.05, 0.1) is 13.1 Å². The zero-order valence-corrected chi connectivity index (χ0v) is 16.1. The van der Waals surface area contributed by atoms with Gasteiger partial charge in [0.2, 0.25) is 0 Å². The van der Waals surface area contributed by atoms with Gasteiger partial charge in [-0.25, -0.2) is 4.79 Å². The van der Waals surface area contributed by atoms with E-state index in [2.05, 4.69) is 9.88 Å². The van der Waals surface area contributed by atoms with E-state index in [1.165, 1.54) is 19.3 Å². The van der Waals surface area contributed by atoms with E-state index in [-0.39, 0.29) is 12.1 Å². The number of rotatable bonds is 3. The van der Waals surface area contributed by atoms with Crippen LogP contribution in [0.5, 0.6) is 5.75 Å². The monoisotopic (exact) mass is 378 g/mol. The van der Waals surface area contributed by atoms with Crippen LogP contribution in [0.15, 0.2) is 12.4 Å². The lowest BCUT2D eigenvalue weighted by molar-refractivity contribution is 0.0305. The van der Waals surface area contributed by atoms with E-state index < -0.39 is 0 Å². The van der Waals surface area contributed by atoms with Crippen LogP contribution in [-0.4, -0.2) is 77.1 Å². The van der Waals surface area contributed by atoms with Crippen molar-refractivity contribution >= 4 is 17.6 Å². The fraction of sp³-hybridized carbons (Fsp3) is 0.684. The summed E-state index contributed by atoms with van der Waals surface area (Å²) in [6.45, 7) is 7.02. The Morgan fingerprint density at radius 3 is 2.62 bits per heavy atom. The molecule has 3 aliphatic rings. The number of carbonyl (C=O) groups is 1. The Bertz CT molecular complexity index is 641. The molecule has 4 rings (SSSR count). The molecular weight excluding hydrogens is 352 g/mol. The summed E-state index contributed by atoms with van der Waals surface area (Å²) in [7, 11) is 0. The minimum absolute atomic E-state index is 0.0102. The van der Waals surface area contributed by atoms with Gasteiger partial charge in [-0.2, -0.15) is 0 Å². The Morgan fingerprint density at radius 2 is 1.92 bits per heavy atom. The standard InChI is InChI=1S/C19H27ClN4O2/c1-14-10-21-11-17(20)18(14)26-16-12-24(13-16)19(25)23-7-3-6-22(8-9-23)15-4-2-5-15/h10-11,15-16H,2-9,12-13H2,1H3. The van der Waals surface area contributed by atoms with Crippen molar-refractivity contribution < 1.29 is 9.53 Å². The molecule has 0 bridgehead atoms. The van der Waals surface area contributed by atoms with Crippen molar-refractivity contribution in [2.75, 3.05) is 39.3 Å². The topological polar surface area (TPSA) is 48.9 Å². The molecule has 3 heterocycles. The summed E-state index contributed by atoms with van der Waals surface area (Å²) in [6, 6.07) is 0.915. The van der Waals surface area contributed by atoms with Gasteiger partial charge in [-0.05, 0) is 26.2 Å². The molecule has 3 fully saturated rings. The summed E-state index contributed by atoms with van der Waals surface area (Å²) in [5, 5.41) is 0.526. The van der Waals surface area contributed by atoms with E-state index in [4.69, 9.17) is 16.3 Å². The smallest absolute Gasteiger partial charge is 0.320 e. The molecule has 1 saturated carbocycles. The molecule has 0 atom stereocenters. The van der Waals surface area contributed by atoms with Gasteiger partial charge in [-0.15, -0.1) is 0 Å². The number of pyridine rings is 1. The molecule has 2 saturated heterocycles. The van der Waals surface area contributed by atoms with E-state index in [9.17, 15) is 4.79 Å². The highest BCUT2D eigenvalue weighted by atomic mass is 35.5. The Labute approximate surface area is 160 Å². The Hall–Kier alpha value is -1.53. The fourth-order valence-electron chi connectivity index (χ4n) is 3.95. The summed E-state index contributed by atoms with van der Waals surface area (Å²) < 4.78 is 5.98. The Balaban J connectivity index is 1.26. The lowest BCUT2D eigenvalue weighted by atomic mass is 9.91. The minimum atomic E-state index is 0.0102. The first-order valence-corrected chi connectivity index (χ1v) is 10.0. The predicted molar refractivity (Wildman–Crippen MR) is 101 cm³/mol. The summed E-state index contributed by atoms with van der Waals surface area (Å²) in [4.78, 5) is 23.3. The predicted octanol–water partition coefficient (Wildman–Crippen LogP) is 2.79. The second-order valence-corrected chi connectivity index (χ2v) is 8.06. The molecule has 6 nitrogen and oxygen atoms in total. The molecule has 1 aromatic rings. The van der Waals surface area contributed by atoms with E-state index in [1.54, 1.807) is 12.4 Å². The van der Waals surface area contributed by atoms with Crippen LogP contribution in [0, 0.1) is 6.92 Å². The second kappa shape index (κ2) is 7.61. The zero-order valence-electron chi connectivity index (χ0n) is 15.4. The highest BCUT2D eigenvalue weighted by molar-refractivity contribution is 6.32. The SMILES string of the molecule is Cc1cncc(Cl)c1OC1CN(C(=O)N2CCCN(C3CCC3)CC2)C1. The van der Waals surface area contributed by atoms with Crippen molar-refractivity contribution in [1.82, 2.24) is 19.7 Å². The van der Waals surface area contributed by atoms with Gasteiger partial charge in [0.15, 0.2) is 0 Å². The van der Waals surface area contributed by atoms with Gasteiger partial charge in [0, 0.05) is 50.2 Å². The molecule has 0 spiro atoms. The molecule has 1 aliphatic carbocycles. The van der Waals surface area contributed by atoms with Crippen molar-refractivity contribution in [3.63, 3.8) is 0 Å². The third kappa shape index (κ3) is 3.62. The van der Waals surface area contributed by atoms with Gasteiger partial charge < -0.3 is 14.5 Å². The first-order valence-electron chi connectivity index (χ1n) is 9.66. The average Bonchev–Trinajstić information content (AvgIpc) is 2.77. The Morgan fingerprint density at radius 1 is 1.12 bits per heavy atom. The number of likely N-dealkylation sites (tertiary alicyclic amines) is 1. The third-order valence-electron chi connectivity index (χ3n) is 5.83. The molecule has 0 unspecified atom stereocenters. The van der Waals surface area contributed by atoms with E-state index in [0.29, 0.717) is 23.9 Å². The second-order valence-electron chi connectivity index (χ2n) is 7.66. The lowest BCUT2D eigenvalue weighted by Crippen LogP contribution is -2.60. The number of ether oxygens (including phenoxy) is 1. The maximum Gasteiger partial charge on any atom is 0.320 e. The molecule has 0 aromatic carbocycles. The van der Waals surface area contributed by atoms with Crippen LogP contribution in [0.25, 0.3) is 0 Å². The summed E-state index contributed by atoms with van der Waals surface area (Å²) in [5.41, 5.74) is 0.922. The molecule has 7 heteroatoms. The maximum absolute atomic E-state index is 12.8. The van der Waals surface area contributed by atoms with E-state index in [0.717, 1.165) is 44.2 Å². The first kappa shape index (κ1) is 17.9. The van der Waals surface area contributed by atoms with Crippen molar-refractivity contribution in [2.24, 2.45) is 0 Å². The van der Waals surface area contributed by atoms with E-state index in [1.807, 2.05) is 16.7 Å². The van der Waals surface area contributed by atoms with Crippen molar-refractivity contribution in [3.8, 4) is 5.75 Å². The number of aryl methyl sites for hydroxylation is 1. The quantitative estimate of drug-likeness (QED) is 0.811. The molecule has 2 aliphatic heterocycles. The van der Waals surface area contributed by atoms with Gasteiger partial charge in [-0.3, -0.25) is 9.88 Å². The van der Waals surface area contributed by atoms with E-state index >= 15 is 0 Å². The summed E-state index contributed by atoms with van der Waals surface area (Å²) in [5.74, 6) is 0.685. The van der Waals surface area contributed by atoms with Crippen LogP contribution in [0.4, 0.5) is 4.79 Å². The fourth-order valence-corrected chi connectivity index (χ4v) is 4.20. The van der Waals surface area contributed by atoms with Crippen molar-refractivity contribution in [3.05, 3.63) is 23.0 Å². The highest BCUT2D eigenvalue weighted by Crippen LogP contribution is 2.30. The van der Waals surface area contributed by atoms with Crippen LogP contribution in [-0.2, 0) is 0 Å². The first-order chi connectivity index (χ1) is 12.6. The molecule has 0 N–H and O–H groups in total. The van der Waals surface area contributed by atoms with Crippen molar-refractivity contribution in [2.45, 2.75) is 44.8 Å². The number of amides is 2. The van der Waals surface area contributed by atoms with Gasteiger partial charge in [-0.1, -0.05) is 18.0 Å². The van der Waals surface area contributed by atoms with Gasteiger partial charge >= 0.3 is 6.03 Å². The highest BCUT2D eigenvalue weighted by Gasteiger charge is 2.36. The van der Waals surface area contributed by atoms with Crippen molar-refractivity contribution in [1.29, 1.82) is 0 Å². The van der Waals surface area contributed by atoms with Gasteiger partial charge in [0.25, 0.3) is 0 Å². The zero-order chi connectivity index (χ0) is 18.1. The molecule has 0 radical (unpaired) electrons. The van der Waals surface area contributed by atoms with Crippen LogP contribution in [0.1, 0.15) is 31.2 Å². The number of urea groups is 1. The van der Waals surface area contributed by atoms with Crippen LogP contribution < -0.4 is 4.74 Å². The lowest BCUT2D eigenvalue weighted by Gasteiger charge is -2.41. The molecule has 1 aromatic heterocycles. The van der Waals surface area contributed by atoms with Gasteiger partial charge in [0.1, 0.15) is 16.9 Å². The minimum Gasteiger partial charge on any atom is -0.485 e. The number of carbonyl (C=O) groups excluding carboxylic acids is 1. The largest absolute Gasteiger partial charge is 0.485 e. The Kier molecular flexibility index (Phi) is 5.23. The van der Waals surface area contributed by atoms with Crippen LogP contribution >= 0.6 is 11.6 Å². The third-order valence-corrected chi connectivity index (χ3v) is 6.10. The number of halogens is 1. The molecule has 26 heavy (non-hydrogen) atoms. The number of aromatic nitrogens is 1. The van der Waals surface area contributed by atoms with Crippen LogP contribution in [0.3, 0.4) is 0 Å². The molecular formula is C19H27ClN4O2. The normalized spacial score (nSPS) is 22.5. The average molecular weight is 379 g/mol. The van der Waals surface area contributed by atoms with Crippen LogP contribution in [0.2, 0.25) is 5.02 Å². The summed E-state index contributed by atoms with van der Waals surface area (Å²) in [6.07, 6.45) is 8.44. The molecule has 142 valence electrons. The number of hydrogen-bond acceptors (Lipinski definition) is 4. The molecule has 2 amide bonds. The number of hydrogen-bond donors (Lipinski definition) is 0. The maximum atomic E-state index is 12.8. The summed E-state index contributed by atoms with van der Waals surface area (Å²) >= 11 is 6.17. The number of nitrogens with zero attached hydrogens (tertiary/aromatic N) is 4.